The average molecular weight is 378 g/mol. The van der Waals surface area contributed by atoms with Gasteiger partial charge in [-0.25, -0.2) is 4.39 Å². The third-order valence-corrected chi connectivity index (χ3v) is 4.58. The van der Waals surface area contributed by atoms with Crippen LogP contribution in [-0.4, -0.2) is 59.8 Å². The summed E-state index contributed by atoms with van der Waals surface area (Å²) in [5.74, 6) is 1.16. The van der Waals surface area contributed by atoms with E-state index < -0.39 is 37.4 Å². The zero-order valence-corrected chi connectivity index (χ0v) is 14.9. The summed E-state index contributed by atoms with van der Waals surface area (Å²) in [6.07, 6.45) is -7.17. The molecule has 0 bridgehead atoms. The Morgan fingerprint density at radius 2 is 1.74 bits per heavy atom. The molecule has 146 valence electrons. The third-order valence-electron chi connectivity index (χ3n) is 4.58. The molecule has 1 saturated heterocycles. The molecule has 0 aliphatic carbocycles. The van der Waals surface area contributed by atoms with Gasteiger partial charge in [0.25, 0.3) is 0 Å². The van der Waals surface area contributed by atoms with Crippen molar-refractivity contribution in [1.82, 2.24) is 0 Å². The van der Waals surface area contributed by atoms with Crippen molar-refractivity contribution in [2.75, 3.05) is 13.7 Å². The van der Waals surface area contributed by atoms with Crippen molar-refractivity contribution < 1.29 is 33.9 Å². The van der Waals surface area contributed by atoms with Crippen molar-refractivity contribution in [3.8, 4) is 11.5 Å². The van der Waals surface area contributed by atoms with Crippen molar-refractivity contribution in [2.45, 2.75) is 37.2 Å². The van der Waals surface area contributed by atoms with E-state index in [1.165, 1.54) is 0 Å². The molecule has 1 aliphatic rings. The van der Waals surface area contributed by atoms with Crippen LogP contribution >= 0.6 is 0 Å². The summed E-state index contributed by atoms with van der Waals surface area (Å²) in [5, 5.41) is 28.8. The molecule has 1 aliphatic heterocycles. The molecule has 1 heterocycles. The Bertz CT molecular complexity index is 736. The molecule has 0 saturated carbocycles. The fourth-order valence-electron chi connectivity index (χ4n) is 2.99. The first-order valence-electron chi connectivity index (χ1n) is 8.67. The molecule has 6 nitrogen and oxygen atoms in total. The monoisotopic (exact) mass is 378 g/mol. The molecule has 2 aromatic rings. The second-order valence-electron chi connectivity index (χ2n) is 6.40. The first-order chi connectivity index (χ1) is 13.0. The maximum absolute atomic E-state index is 14.4. The van der Waals surface area contributed by atoms with Crippen LogP contribution in [0.25, 0.3) is 0 Å². The summed E-state index contributed by atoms with van der Waals surface area (Å²) in [5.41, 5.74) is 1.82. The normalized spacial score (nSPS) is 28.0. The molecule has 5 atom stereocenters. The van der Waals surface area contributed by atoms with Gasteiger partial charge in [-0.2, -0.15) is 0 Å². The molecule has 0 amide bonds. The van der Waals surface area contributed by atoms with Crippen molar-refractivity contribution in [1.29, 1.82) is 0 Å². The quantitative estimate of drug-likeness (QED) is 0.705. The molecule has 2 aromatic carbocycles. The average Bonchev–Trinajstić information content (AvgIpc) is 2.70. The lowest BCUT2D eigenvalue weighted by molar-refractivity contribution is -0.262. The second-order valence-corrected chi connectivity index (χ2v) is 6.40. The first-order valence-corrected chi connectivity index (χ1v) is 8.67. The van der Waals surface area contributed by atoms with E-state index in [0.29, 0.717) is 12.2 Å². The minimum absolute atomic E-state index is 0.404. The molecular weight excluding hydrogens is 355 g/mol. The Kier molecular flexibility index (Phi) is 6.28. The lowest BCUT2D eigenvalue weighted by Gasteiger charge is -2.38. The molecule has 0 unspecified atom stereocenters. The number of ether oxygens (including phenoxy) is 3. The highest BCUT2D eigenvalue weighted by atomic mass is 19.1. The fourth-order valence-corrected chi connectivity index (χ4v) is 2.99. The zero-order chi connectivity index (χ0) is 19.4. The number of rotatable bonds is 6. The second kappa shape index (κ2) is 8.67. The molecule has 3 N–H and O–H groups in total. The maximum Gasteiger partial charge on any atom is 0.234 e. The Morgan fingerprint density at radius 1 is 1.04 bits per heavy atom. The van der Waals surface area contributed by atoms with Crippen LogP contribution in [0.2, 0.25) is 0 Å². The lowest BCUT2D eigenvalue weighted by atomic mass is 10.00. The number of halogens is 1. The zero-order valence-electron chi connectivity index (χ0n) is 14.9. The van der Waals surface area contributed by atoms with Crippen LogP contribution < -0.4 is 9.47 Å². The van der Waals surface area contributed by atoms with E-state index >= 15 is 0 Å². The van der Waals surface area contributed by atoms with Crippen LogP contribution in [0.4, 0.5) is 4.39 Å². The lowest BCUT2D eigenvalue weighted by Crippen LogP contribution is -2.58. The summed E-state index contributed by atoms with van der Waals surface area (Å²) in [7, 11) is 1.60. The molecule has 0 radical (unpaired) electrons. The molecule has 3 rings (SSSR count). The number of aliphatic hydroxyl groups excluding tert-OH is 3. The summed E-state index contributed by atoms with van der Waals surface area (Å²) in [6.45, 7) is -0.557. The topological polar surface area (TPSA) is 88.4 Å². The van der Waals surface area contributed by atoms with Crippen molar-refractivity contribution in [3.05, 3.63) is 59.7 Å². The SMILES string of the molecule is COc1ccc(Cc2ccccc2O[C@@H]2O[C@H](CO)[C@@H](O)[C@H](O)[C@H]2F)cc1. The number of para-hydroxylation sites is 1. The number of aliphatic hydroxyl groups is 3. The number of hydrogen-bond donors (Lipinski definition) is 3. The summed E-state index contributed by atoms with van der Waals surface area (Å²) in [4.78, 5) is 0. The highest BCUT2D eigenvalue weighted by Crippen LogP contribution is 2.29. The largest absolute Gasteiger partial charge is 0.497 e. The third kappa shape index (κ3) is 4.39. The van der Waals surface area contributed by atoms with Crippen molar-refractivity contribution in [2.24, 2.45) is 0 Å². The highest BCUT2D eigenvalue weighted by molar-refractivity contribution is 5.39. The number of benzene rings is 2. The van der Waals surface area contributed by atoms with E-state index in [1.807, 2.05) is 36.4 Å². The summed E-state index contributed by atoms with van der Waals surface area (Å²) in [6, 6.07) is 14.7. The predicted octanol–water partition coefficient (Wildman–Crippen LogP) is 1.44. The van der Waals surface area contributed by atoms with Gasteiger partial charge >= 0.3 is 0 Å². The van der Waals surface area contributed by atoms with Crippen LogP contribution in [-0.2, 0) is 11.2 Å². The van der Waals surface area contributed by atoms with Gasteiger partial charge in [0, 0.05) is 6.42 Å². The Balaban J connectivity index is 1.77. The van der Waals surface area contributed by atoms with Crippen LogP contribution in [0, 0.1) is 0 Å². The molecule has 7 heteroatoms. The standard InChI is InChI=1S/C20H23FO6/c1-25-14-8-6-12(7-9-14)10-13-4-2-3-5-15(13)26-20-17(21)19(24)18(23)16(11-22)27-20/h2-9,16-20,22-24H,10-11H2,1H3/t16-,17-,18-,19-,20-/m1/s1. The highest BCUT2D eigenvalue weighted by Gasteiger charge is 2.46. The van der Waals surface area contributed by atoms with Gasteiger partial charge < -0.3 is 29.5 Å². The van der Waals surface area contributed by atoms with Gasteiger partial charge in [0.2, 0.25) is 6.29 Å². The van der Waals surface area contributed by atoms with Crippen LogP contribution in [0.1, 0.15) is 11.1 Å². The Morgan fingerprint density at radius 3 is 2.41 bits per heavy atom. The maximum atomic E-state index is 14.4. The van der Waals surface area contributed by atoms with E-state index in [1.54, 1.807) is 19.2 Å². The number of methoxy groups -OCH3 is 1. The smallest absolute Gasteiger partial charge is 0.234 e. The van der Waals surface area contributed by atoms with Gasteiger partial charge in [-0.3, -0.25) is 0 Å². The molecule has 27 heavy (non-hydrogen) atoms. The van der Waals surface area contributed by atoms with Gasteiger partial charge in [-0.1, -0.05) is 30.3 Å². The van der Waals surface area contributed by atoms with Gasteiger partial charge in [0.15, 0.2) is 6.17 Å². The van der Waals surface area contributed by atoms with E-state index in [2.05, 4.69) is 0 Å². The van der Waals surface area contributed by atoms with E-state index in [4.69, 9.17) is 14.2 Å². The van der Waals surface area contributed by atoms with Crippen molar-refractivity contribution >= 4 is 0 Å². The minimum atomic E-state index is -1.95. The van der Waals surface area contributed by atoms with Gasteiger partial charge in [0.1, 0.15) is 29.8 Å². The molecule has 0 spiro atoms. The van der Waals surface area contributed by atoms with Crippen LogP contribution in [0.3, 0.4) is 0 Å². The van der Waals surface area contributed by atoms with Gasteiger partial charge in [-0.15, -0.1) is 0 Å². The van der Waals surface area contributed by atoms with E-state index in [0.717, 1.165) is 16.9 Å². The number of hydrogen-bond acceptors (Lipinski definition) is 6. The molecule has 0 aromatic heterocycles. The fraction of sp³-hybridized carbons (Fsp3) is 0.400. The van der Waals surface area contributed by atoms with Gasteiger partial charge in [-0.05, 0) is 29.3 Å². The van der Waals surface area contributed by atoms with Gasteiger partial charge in [0.05, 0.1) is 13.7 Å². The van der Waals surface area contributed by atoms with E-state index in [-0.39, 0.29) is 0 Å². The van der Waals surface area contributed by atoms with Crippen LogP contribution in [0.15, 0.2) is 48.5 Å². The summed E-state index contributed by atoms with van der Waals surface area (Å²) < 4.78 is 30.5. The summed E-state index contributed by atoms with van der Waals surface area (Å²) >= 11 is 0. The number of alkyl halides is 1. The van der Waals surface area contributed by atoms with Crippen molar-refractivity contribution in [3.63, 3.8) is 0 Å². The molecular formula is C20H23FO6. The van der Waals surface area contributed by atoms with E-state index in [9.17, 15) is 19.7 Å². The Hall–Kier alpha value is -2.19. The first kappa shape index (κ1) is 19.6. The molecule has 1 fully saturated rings. The Labute approximate surface area is 156 Å². The minimum Gasteiger partial charge on any atom is -0.497 e. The van der Waals surface area contributed by atoms with Crippen LogP contribution in [0.5, 0.6) is 11.5 Å². The predicted molar refractivity (Wildman–Crippen MR) is 95.5 cm³/mol.